The standard InChI is InChI=1S/C15H18FN2O.Os/c1-4-15(18-6-3)19-13-7-8-14(16)12(11-13)9-10-17-5-2;/h4,6-8,11,17H,1-3,5,9-10H2;/q-1;+1. The number of ether oxygens (including phenoxy) is 1. The normalized spacial score (nSPS) is 10.6. The Hall–Kier alpha value is -1.30. The number of hydrogen-bond acceptors (Lipinski definition) is 3. The summed E-state index contributed by atoms with van der Waals surface area (Å²) in [6.45, 7) is 12.0. The molecule has 0 amide bonds. The zero-order valence-electron chi connectivity index (χ0n) is 11.2. The Balaban J connectivity index is 0.00000361. The smallest absolute Gasteiger partial charge is 0.439 e. The molecule has 1 rings (SSSR count). The zero-order chi connectivity index (χ0) is 14.1. The number of nitrogens with one attached hydrogen (secondary N) is 1. The summed E-state index contributed by atoms with van der Waals surface area (Å²) in [6.07, 6.45) is 3.40. The Morgan fingerprint density at radius 3 is 2.80 bits per heavy atom. The maximum absolute atomic E-state index is 13.6. The van der Waals surface area contributed by atoms with Crippen molar-refractivity contribution in [2.45, 2.75) is 6.42 Å². The second kappa shape index (κ2) is 10.5. The van der Waals surface area contributed by atoms with Gasteiger partial charge in [0.1, 0.15) is 11.6 Å². The molecule has 0 aliphatic carbocycles. The van der Waals surface area contributed by atoms with Crippen LogP contribution >= 0.6 is 0 Å². The topological polar surface area (TPSA) is 33.6 Å². The first-order valence-electron chi connectivity index (χ1n) is 5.98. The van der Waals surface area contributed by atoms with Crippen LogP contribution in [0.25, 0.3) is 0 Å². The summed E-state index contributed by atoms with van der Waals surface area (Å²) in [5.74, 6) is 0.592. The van der Waals surface area contributed by atoms with Crippen molar-refractivity contribution in [3.63, 3.8) is 0 Å². The van der Waals surface area contributed by atoms with Gasteiger partial charge < -0.3 is 17.0 Å². The summed E-state index contributed by atoms with van der Waals surface area (Å²) in [5, 5.41) is 3.04. The van der Waals surface area contributed by atoms with Crippen LogP contribution in [0.5, 0.6) is 5.75 Å². The van der Waals surface area contributed by atoms with Crippen molar-refractivity contribution in [2.75, 3.05) is 13.1 Å². The van der Waals surface area contributed by atoms with Gasteiger partial charge in [-0.05, 0) is 42.8 Å². The van der Waals surface area contributed by atoms with Gasteiger partial charge in [0, 0.05) is 6.20 Å². The van der Waals surface area contributed by atoms with Gasteiger partial charge in [-0.1, -0.05) is 13.2 Å². The Morgan fingerprint density at radius 2 is 2.20 bits per heavy atom. The molecule has 5 heteroatoms. The van der Waals surface area contributed by atoms with Crippen LogP contribution in [0.1, 0.15) is 5.56 Å². The quantitative estimate of drug-likeness (QED) is 0.299. The third kappa shape index (κ3) is 6.23. The van der Waals surface area contributed by atoms with Crippen LogP contribution in [0, 0.1) is 12.7 Å². The molecule has 0 saturated heterocycles. The number of aliphatic imine (C=N–C) groups is 1. The number of halogens is 1. The van der Waals surface area contributed by atoms with Crippen molar-refractivity contribution in [1.82, 2.24) is 5.32 Å². The van der Waals surface area contributed by atoms with E-state index in [-0.39, 0.29) is 25.6 Å². The fraction of sp³-hybridized carbons (Fsp3) is 0.200. The van der Waals surface area contributed by atoms with E-state index < -0.39 is 0 Å². The molecule has 1 aromatic rings. The summed E-state index contributed by atoms with van der Waals surface area (Å²) in [6, 6.07) is 4.58. The zero-order valence-corrected chi connectivity index (χ0v) is 13.8. The van der Waals surface area contributed by atoms with Crippen LogP contribution in [0.4, 0.5) is 4.39 Å². The Kier molecular flexibility index (Phi) is 9.80. The van der Waals surface area contributed by atoms with E-state index in [1.165, 1.54) is 18.3 Å². The summed E-state index contributed by atoms with van der Waals surface area (Å²) in [7, 11) is 0. The van der Waals surface area contributed by atoms with E-state index in [1.54, 1.807) is 12.1 Å². The van der Waals surface area contributed by atoms with Crippen LogP contribution in [0.3, 0.4) is 0 Å². The van der Waals surface area contributed by atoms with Crippen molar-refractivity contribution in [3.8, 4) is 5.75 Å². The van der Waals surface area contributed by atoms with Crippen LogP contribution in [-0.4, -0.2) is 19.0 Å². The molecule has 1 aromatic carbocycles. The minimum atomic E-state index is -0.251. The molecule has 109 valence electrons. The molecule has 3 nitrogen and oxygen atoms in total. The predicted molar refractivity (Wildman–Crippen MR) is 76.8 cm³/mol. The van der Waals surface area contributed by atoms with Gasteiger partial charge in [0.15, 0.2) is 0 Å². The molecule has 0 saturated carbocycles. The second-order valence-electron chi connectivity index (χ2n) is 3.71. The van der Waals surface area contributed by atoms with E-state index in [2.05, 4.69) is 30.4 Å². The molecule has 1 radical (unpaired) electrons. The SMILES string of the molecule is C=CN=C(C=C)Oc1ccc(F)c(CCNC[CH2-])c1.[Os+]. The maximum Gasteiger partial charge on any atom is 1.00 e. The molecule has 0 spiro atoms. The van der Waals surface area contributed by atoms with Crippen LogP contribution in [0.2, 0.25) is 0 Å². The molecule has 0 atom stereocenters. The van der Waals surface area contributed by atoms with Gasteiger partial charge in [-0.25, -0.2) is 9.38 Å². The molecular weight excluding hydrogens is 433 g/mol. The van der Waals surface area contributed by atoms with Gasteiger partial charge in [-0.15, -0.1) is 6.54 Å². The van der Waals surface area contributed by atoms with E-state index in [0.717, 1.165) is 0 Å². The van der Waals surface area contributed by atoms with Crippen molar-refractivity contribution in [2.24, 2.45) is 4.99 Å². The van der Waals surface area contributed by atoms with E-state index in [1.807, 2.05) is 0 Å². The van der Waals surface area contributed by atoms with Crippen LogP contribution in [-0.2, 0) is 26.2 Å². The number of hydrogen-bond donors (Lipinski definition) is 1. The number of rotatable bonds is 7. The van der Waals surface area contributed by atoms with Gasteiger partial charge in [-0.3, -0.25) is 0 Å². The summed E-state index contributed by atoms with van der Waals surface area (Å²) in [4.78, 5) is 3.89. The van der Waals surface area contributed by atoms with Gasteiger partial charge in [-0.2, -0.15) is 0 Å². The third-order valence-corrected chi connectivity index (χ3v) is 2.38. The van der Waals surface area contributed by atoms with E-state index >= 15 is 0 Å². The number of nitrogens with zero attached hydrogens (tertiary/aromatic N) is 1. The summed E-state index contributed by atoms with van der Waals surface area (Å²) in [5.41, 5.74) is 0.584. The molecule has 0 aliphatic rings. The molecular formula is C15H18FN2OOs. The Labute approximate surface area is 132 Å². The molecule has 1 N–H and O–H groups in total. The fourth-order valence-corrected chi connectivity index (χ4v) is 1.49. The van der Waals surface area contributed by atoms with Crippen molar-refractivity contribution in [3.05, 3.63) is 61.9 Å². The molecule has 0 aliphatic heterocycles. The van der Waals surface area contributed by atoms with E-state index in [0.29, 0.717) is 36.7 Å². The van der Waals surface area contributed by atoms with Crippen molar-refractivity contribution >= 4 is 5.90 Å². The first kappa shape index (κ1) is 18.7. The van der Waals surface area contributed by atoms with Gasteiger partial charge >= 0.3 is 19.8 Å². The van der Waals surface area contributed by atoms with Crippen molar-refractivity contribution in [1.29, 1.82) is 0 Å². The largest absolute Gasteiger partial charge is 1.00 e. The first-order valence-corrected chi connectivity index (χ1v) is 5.98. The molecule has 0 unspecified atom stereocenters. The Morgan fingerprint density at radius 1 is 1.45 bits per heavy atom. The van der Waals surface area contributed by atoms with Crippen LogP contribution in [0.15, 0.2) is 48.6 Å². The molecule has 20 heavy (non-hydrogen) atoms. The van der Waals surface area contributed by atoms with Crippen LogP contribution < -0.4 is 10.1 Å². The minimum Gasteiger partial charge on any atom is -0.439 e. The summed E-state index contributed by atoms with van der Waals surface area (Å²) >= 11 is 0. The molecule has 0 heterocycles. The average molecular weight is 452 g/mol. The van der Waals surface area contributed by atoms with Gasteiger partial charge in [0.25, 0.3) is 0 Å². The Bertz CT molecular complexity index is 475. The van der Waals surface area contributed by atoms with Gasteiger partial charge in [0.05, 0.1) is 0 Å². The van der Waals surface area contributed by atoms with Gasteiger partial charge in [0.2, 0.25) is 5.90 Å². The second-order valence-corrected chi connectivity index (χ2v) is 3.71. The summed E-state index contributed by atoms with van der Waals surface area (Å²) < 4.78 is 19.1. The van der Waals surface area contributed by atoms with E-state index in [4.69, 9.17) is 4.74 Å². The molecule has 0 bridgehead atoms. The minimum absolute atomic E-state index is 0. The fourth-order valence-electron chi connectivity index (χ4n) is 1.49. The van der Waals surface area contributed by atoms with E-state index in [9.17, 15) is 4.39 Å². The predicted octanol–water partition coefficient (Wildman–Crippen LogP) is 2.90. The molecule has 0 aromatic heterocycles. The molecule has 0 fully saturated rings. The monoisotopic (exact) mass is 453 g/mol. The number of benzene rings is 1. The average Bonchev–Trinajstić information content (AvgIpc) is 2.42. The maximum atomic E-state index is 13.6. The first-order chi connectivity index (χ1) is 9.21. The van der Waals surface area contributed by atoms with Crippen molar-refractivity contribution < 1.29 is 28.9 Å². The third-order valence-electron chi connectivity index (χ3n) is 2.38.